The van der Waals surface area contributed by atoms with Crippen LogP contribution in [0.5, 0.6) is 0 Å². The van der Waals surface area contributed by atoms with Gasteiger partial charge in [0.1, 0.15) is 0 Å². The van der Waals surface area contributed by atoms with E-state index >= 15 is 0 Å². The predicted octanol–water partition coefficient (Wildman–Crippen LogP) is 2.31. The zero-order valence-electron chi connectivity index (χ0n) is 16.6. The monoisotopic (exact) mass is 396 g/mol. The molecule has 2 amide bonds. The van der Waals surface area contributed by atoms with Crippen LogP contribution in [0.15, 0.2) is 47.2 Å². The first-order valence-corrected chi connectivity index (χ1v) is 10.5. The molecule has 0 aromatic carbocycles. The molecule has 2 fully saturated rings. The van der Waals surface area contributed by atoms with Crippen LogP contribution in [-0.4, -0.2) is 58.8 Å². The lowest BCUT2D eigenvalue weighted by atomic mass is 9.95. The van der Waals surface area contributed by atoms with Crippen molar-refractivity contribution in [1.29, 1.82) is 0 Å². The van der Waals surface area contributed by atoms with Gasteiger partial charge in [-0.3, -0.25) is 19.5 Å². The van der Waals surface area contributed by atoms with Crippen LogP contribution >= 0.6 is 0 Å². The minimum absolute atomic E-state index is 0.0772. The molecule has 4 rings (SSSR count). The summed E-state index contributed by atoms with van der Waals surface area (Å²) in [6, 6.07) is 9.01. The highest BCUT2D eigenvalue weighted by Crippen LogP contribution is 2.31. The Morgan fingerprint density at radius 3 is 2.55 bits per heavy atom. The summed E-state index contributed by atoms with van der Waals surface area (Å²) in [5.74, 6) is 0.755. The minimum Gasteiger partial charge on any atom is -0.459 e. The van der Waals surface area contributed by atoms with Crippen molar-refractivity contribution in [3.05, 3.63) is 54.2 Å². The van der Waals surface area contributed by atoms with Crippen LogP contribution in [-0.2, 0) is 11.3 Å². The molecule has 2 aromatic heterocycles. The molecule has 2 aromatic rings. The third-order valence-electron chi connectivity index (χ3n) is 6.01. The zero-order chi connectivity index (χ0) is 20.1. The van der Waals surface area contributed by atoms with E-state index in [1.807, 2.05) is 23.1 Å². The fraction of sp³-hybridized carbons (Fsp3) is 0.500. The average Bonchev–Trinajstić information content (AvgIpc) is 3.48. The summed E-state index contributed by atoms with van der Waals surface area (Å²) in [5.41, 5.74) is 0.861. The van der Waals surface area contributed by atoms with Crippen LogP contribution in [0.25, 0.3) is 0 Å². The van der Waals surface area contributed by atoms with Crippen molar-refractivity contribution in [3.63, 3.8) is 0 Å². The molecule has 7 heteroatoms. The van der Waals surface area contributed by atoms with Crippen LogP contribution < -0.4 is 5.32 Å². The number of nitrogens with one attached hydrogen (secondary N) is 1. The Hall–Kier alpha value is -2.67. The Morgan fingerprint density at radius 1 is 1.10 bits per heavy atom. The summed E-state index contributed by atoms with van der Waals surface area (Å²) in [4.78, 5) is 34.0. The summed E-state index contributed by atoms with van der Waals surface area (Å²) < 4.78 is 5.24. The van der Waals surface area contributed by atoms with Crippen LogP contribution in [0.4, 0.5) is 0 Å². The van der Waals surface area contributed by atoms with Gasteiger partial charge in [-0.15, -0.1) is 0 Å². The molecule has 0 bridgehead atoms. The molecule has 0 radical (unpaired) electrons. The fourth-order valence-corrected chi connectivity index (χ4v) is 4.50. The number of piperazine rings is 1. The highest BCUT2D eigenvalue weighted by molar-refractivity contribution is 5.91. The van der Waals surface area contributed by atoms with Gasteiger partial charge in [-0.05, 0) is 43.0 Å². The highest BCUT2D eigenvalue weighted by atomic mass is 16.3. The normalized spacial score (nSPS) is 19.2. The second-order valence-electron chi connectivity index (χ2n) is 7.83. The molecule has 7 nitrogen and oxygen atoms in total. The van der Waals surface area contributed by atoms with Crippen LogP contribution in [0.1, 0.15) is 41.9 Å². The SMILES string of the molecule is O=C(NCc1ccccn1)C(C1CCCC1)N1CCN(C(=O)c2ccco2)CC1. The number of furan rings is 1. The Morgan fingerprint density at radius 2 is 1.90 bits per heavy atom. The smallest absolute Gasteiger partial charge is 0.289 e. The van der Waals surface area contributed by atoms with Crippen molar-refractivity contribution in [2.75, 3.05) is 26.2 Å². The number of aromatic nitrogens is 1. The average molecular weight is 396 g/mol. The van der Waals surface area contributed by atoms with Crippen LogP contribution in [0.2, 0.25) is 0 Å². The van der Waals surface area contributed by atoms with Gasteiger partial charge in [-0.1, -0.05) is 18.9 Å². The van der Waals surface area contributed by atoms with E-state index in [0.29, 0.717) is 44.4 Å². The second kappa shape index (κ2) is 9.22. The number of pyridine rings is 1. The Balaban J connectivity index is 1.38. The van der Waals surface area contributed by atoms with Crippen molar-refractivity contribution in [1.82, 2.24) is 20.1 Å². The molecule has 3 heterocycles. The molecule has 1 saturated heterocycles. The largest absolute Gasteiger partial charge is 0.459 e. The molecule has 154 valence electrons. The number of carbonyl (C=O) groups excluding carboxylic acids is 2. The summed E-state index contributed by atoms with van der Waals surface area (Å²) in [7, 11) is 0. The Kier molecular flexibility index (Phi) is 6.24. The zero-order valence-corrected chi connectivity index (χ0v) is 16.6. The number of amides is 2. The molecule has 1 saturated carbocycles. The molecule has 0 spiro atoms. The highest BCUT2D eigenvalue weighted by Gasteiger charge is 2.37. The summed E-state index contributed by atoms with van der Waals surface area (Å²) in [5, 5.41) is 3.09. The van der Waals surface area contributed by atoms with E-state index < -0.39 is 0 Å². The number of nitrogens with zero attached hydrogens (tertiary/aromatic N) is 3. The molecule has 1 N–H and O–H groups in total. The maximum Gasteiger partial charge on any atom is 0.289 e. The lowest BCUT2D eigenvalue weighted by Crippen LogP contribution is -2.57. The first kappa shape index (κ1) is 19.6. The van der Waals surface area contributed by atoms with Gasteiger partial charge in [-0.2, -0.15) is 0 Å². The van der Waals surface area contributed by atoms with E-state index in [4.69, 9.17) is 4.42 Å². The predicted molar refractivity (Wildman–Crippen MR) is 108 cm³/mol. The fourth-order valence-electron chi connectivity index (χ4n) is 4.50. The lowest BCUT2D eigenvalue weighted by Gasteiger charge is -2.40. The van der Waals surface area contributed by atoms with Crippen molar-refractivity contribution in [3.8, 4) is 0 Å². The minimum atomic E-state index is -0.137. The van der Waals surface area contributed by atoms with Crippen molar-refractivity contribution in [2.45, 2.75) is 38.3 Å². The van der Waals surface area contributed by atoms with Crippen molar-refractivity contribution >= 4 is 11.8 Å². The third kappa shape index (κ3) is 4.67. The maximum atomic E-state index is 13.1. The van der Waals surface area contributed by atoms with Gasteiger partial charge in [0.2, 0.25) is 5.91 Å². The molecule has 1 unspecified atom stereocenters. The molecular formula is C22H28N4O3. The molecule has 1 aliphatic heterocycles. The summed E-state index contributed by atoms with van der Waals surface area (Å²) in [6.07, 6.45) is 7.81. The third-order valence-corrected chi connectivity index (χ3v) is 6.01. The summed E-state index contributed by atoms with van der Waals surface area (Å²) >= 11 is 0. The molecule has 1 aliphatic carbocycles. The van der Waals surface area contributed by atoms with Gasteiger partial charge in [0.25, 0.3) is 5.91 Å². The molecule has 2 aliphatic rings. The number of hydrogen-bond acceptors (Lipinski definition) is 5. The van der Waals surface area contributed by atoms with Crippen molar-refractivity contribution < 1.29 is 14.0 Å². The topological polar surface area (TPSA) is 78.7 Å². The van der Waals surface area contributed by atoms with Gasteiger partial charge in [-0.25, -0.2) is 0 Å². The molecular weight excluding hydrogens is 368 g/mol. The van der Waals surface area contributed by atoms with Crippen LogP contribution in [0, 0.1) is 5.92 Å². The van der Waals surface area contributed by atoms with E-state index in [1.54, 1.807) is 18.3 Å². The Labute approximate surface area is 171 Å². The maximum absolute atomic E-state index is 13.1. The number of carbonyl (C=O) groups is 2. The first-order valence-electron chi connectivity index (χ1n) is 10.5. The van der Waals surface area contributed by atoms with Gasteiger partial charge < -0.3 is 14.6 Å². The standard InChI is InChI=1S/C22H28N4O3/c27-21(24-16-18-8-3-4-10-23-18)20(17-6-1-2-7-17)25-11-13-26(14-12-25)22(28)19-9-5-15-29-19/h3-5,8-10,15,17,20H,1-2,6-7,11-14,16H2,(H,24,27). The van der Waals surface area contributed by atoms with E-state index in [1.165, 1.54) is 19.1 Å². The van der Waals surface area contributed by atoms with Gasteiger partial charge in [0.05, 0.1) is 24.5 Å². The van der Waals surface area contributed by atoms with E-state index in [-0.39, 0.29) is 17.9 Å². The van der Waals surface area contributed by atoms with Gasteiger partial charge in [0.15, 0.2) is 5.76 Å². The van der Waals surface area contributed by atoms with Crippen LogP contribution in [0.3, 0.4) is 0 Å². The van der Waals surface area contributed by atoms with Gasteiger partial charge >= 0.3 is 0 Å². The van der Waals surface area contributed by atoms with E-state index in [0.717, 1.165) is 18.5 Å². The van der Waals surface area contributed by atoms with Gasteiger partial charge in [0, 0.05) is 32.4 Å². The second-order valence-corrected chi connectivity index (χ2v) is 7.83. The molecule has 1 atom stereocenters. The van der Waals surface area contributed by atoms with E-state index in [2.05, 4.69) is 15.2 Å². The summed E-state index contributed by atoms with van der Waals surface area (Å²) in [6.45, 7) is 3.06. The Bertz CT molecular complexity index is 795. The molecule has 29 heavy (non-hydrogen) atoms. The van der Waals surface area contributed by atoms with E-state index in [9.17, 15) is 9.59 Å². The number of rotatable bonds is 6. The van der Waals surface area contributed by atoms with Crippen molar-refractivity contribution in [2.24, 2.45) is 5.92 Å². The number of hydrogen-bond donors (Lipinski definition) is 1. The first-order chi connectivity index (χ1) is 14.2. The quantitative estimate of drug-likeness (QED) is 0.811. The lowest BCUT2D eigenvalue weighted by molar-refractivity contribution is -0.129.